The maximum Gasteiger partial charge on any atom is 0.116 e. The second-order valence-corrected chi connectivity index (χ2v) is 5.09. The summed E-state index contributed by atoms with van der Waals surface area (Å²) in [7, 11) is 0. The van der Waals surface area contributed by atoms with Crippen LogP contribution in [0.4, 0.5) is 0 Å². The van der Waals surface area contributed by atoms with Crippen molar-refractivity contribution in [3.8, 4) is 22.4 Å². The van der Waals surface area contributed by atoms with Gasteiger partial charge >= 0.3 is 0 Å². The molecule has 2 aromatic carbocycles. The van der Waals surface area contributed by atoms with E-state index in [1.54, 1.807) is 6.33 Å². The Bertz CT molecular complexity index is 654. The number of aryl methyl sites for hydroxylation is 1. The molecule has 0 saturated carbocycles. The molecule has 2 nitrogen and oxygen atoms in total. The lowest BCUT2D eigenvalue weighted by Crippen LogP contribution is -1.90. The number of rotatable bonds is 2. The summed E-state index contributed by atoms with van der Waals surface area (Å²) >= 11 is 5.94. The Morgan fingerprint density at radius 3 is 2.20 bits per heavy atom. The molecule has 0 atom stereocenters. The van der Waals surface area contributed by atoms with Crippen molar-refractivity contribution < 1.29 is 0 Å². The summed E-state index contributed by atoms with van der Waals surface area (Å²) in [6.07, 6.45) is 3.42. The van der Waals surface area contributed by atoms with Gasteiger partial charge in [-0.1, -0.05) is 53.6 Å². The molecule has 20 heavy (non-hydrogen) atoms. The predicted octanol–water partition coefficient (Wildman–Crippen LogP) is 4.77. The second-order valence-electron chi connectivity index (χ2n) is 4.66. The Morgan fingerprint density at radius 2 is 1.50 bits per heavy atom. The van der Waals surface area contributed by atoms with E-state index >= 15 is 0 Å². The monoisotopic (exact) mass is 280 g/mol. The molecule has 0 unspecified atom stereocenters. The zero-order valence-electron chi connectivity index (χ0n) is 11.0. The number of aromatic nitrogens is 2. The molecule has 0 N–H and O–H groups in total. The first kappa shape index (κ1) is 12.8. The van der Waals surface area contributed by atoms with Crippen LogP contribution in [0, 0.1) is 6.92 Å². The molecule has 0 aliphatic rings. The summed E-state index contributed by atoms with van der Waals surface area (Å²) in [4.78, 5) is 8.58. The third-order valence-electron chi connectivity index (χ3n) is 3.19. The van der Waals surface area contributed by atoms with Gasteiger partial charge in [-0.25, -0.2) is 9.97 Å². The minimum Gasteiger partial charge on any atom is -0.244 e. The van der Waals surface area contributed by atoms with E-state index in [0.29, 0.717) is 0 Å². The van der Waals surface area contributed by atoms with Crippen LogP contribution in [-0.4, -0.2) is 9.97 Å². The van der Waals surface area contributed by atoms with Crippen molar-refractivity contribution in [3.63, 3.8) is 0 Å². The molecule has 3 aromatic rings. The van der Waals surface area contributed by atoms with Gasteiger partial charge in [0.15, 0.2) is 0 Å². The highest BCUT2D eigenvalue weighted by atomic mass is 35.5. The fourth-order valence-corrected chi connectivity index (χ4v) is 2.24. The summed E-state index contributed by atoms with van der Waals surface area (Å²) in [6, 6.07) is 16.1. The van der Waals surface area contributed by atoms with Crippen molar-refractivity contribution in [1.82, 2.24) is 9.97 Å². The topological polar surface area (TPSA) is 25.8 Å². The molecule has 98 valence electrons. The molecule has 3 heteroatoms. The molecule has 0 radical (unpaired) electrons. The van der Waals surface area contributed by atoms with Gasteiger partial charge in [0.2, 0.25) is 0 Å². The van der Waals surface area contributed by atoms with Crippen molar-refractivity contribution in [3.05, 3.63) is 71.6 Å². The number of benzene rings is 2. The molecule has 0 amide bonds. The number of hydrogen-bond acceptors (Lipinski definition) is 2. The SMILES string of the molecule is Cc1ccc(-c2ncncc2-c2ccc(Cl)cc2)cc1. The van der Waals surface area contributed by atoms with E-state index in [-0.39, 0.29) is 0 Å². The summed E-state index contributed by atoms with van der Waals surface area (Å²) < 4.78 is 0. The van der Waals surface area contributed by atoms with Crippen LogP contribution in [-0.2, 0) is 0 Å². The first-order chi connectivity index (χ1) is 9.74. The van der Waals surface area contributed by atoms with Crippen LogP contribution >= 0.6 is 11.6 Å². The second kappa shape index (κ2) is 5.43. The third-order valence-corrected chi connectivity index (χ3v) is 3.44. The number of nitrogens with zero attached hydrogens (tertiary/aromatic N) is 2. The van der Waals surface area contributed by atoms with Crippen LogP contribution in [0.1, 0.15) is 5.56 Å². The van der Waals surface area contributed by atoms with Crippen LogP contribution in [0.2, 0.25) is 5.02 Å². The molecular formula is C17H13ClN2. The van der Waals surface area contributed by atoms with Crippen molar-refractivity contribution in [2.75, 3.05) is 0 Å². The van der Waals surface area contributed by atoms with Crippen molar-refractivity contribution in [1.29, 1.82) is 0 Å². The van der Waals surface area contributed by atoms with Gasteiger partial charge in [0.25, 0.3) is 0 Å². The molecule has 0 saturated heterocycles. The Labute approximate surface area is 123 Å². The van der Waals surface area contributed by atoms with E-state index in [1.807, 2.05) is 30.5 Å². The van der Waals surface area contributed by atoms with E-state index < -0.39 is 0 Å². The lowest BCUT2D eigenvalue weighted by Gasteiger charge is -2.08. The maximum absolute atomic E-state index is 5.94. The number of halogens is 1. The Morgan fingerprint density at radius 1 is 0.850 bits per heavy atom. The van der Waals surface area contributed by atoms with E-state index in [0.717, 1.165) is 27.4 Å². The van der Waals surface area contributed by atoms with E-state index in [2.05, 4.69) is 41.2 Å². The fourth-order valence-electron chi connectivity index (χ4n) is 2.11. The van der Waals surface area contributed by atoms with Crippen LogP contribution in [0.5, 0.6) is 0 Å². The molecule has 0 bridgehead atoms. The zero-order valence-corrected chi connectivity index (χ0v) is 11.8. The van der Waals surface area contributed by atoms with E-state index in [9.17, 15) is 0 Å². The summed E-state index contributed by atoms with van der Waals surface area (Å²) in [5.74, 6) is 0. The third kappa shape index (κ3) is 2.56. The summed E-state index contributed by atoms with van der Waals surface area (Å²) in [5, 5.41) is 0.725. The molecule has 0 aliphatic heterocycles. The largest absolute Gasteiger partial charge is 0.244 e. The van der Waals surface area contributed by atoms with Crippen LogP contribution in [0.3, 0.4) is 0 Å². The highest BCUT2D eigenvalue weighted by molar-refractivity contribution is 6.30. The quantitative estimate of drug-likeness (QED) is 0.675. The van der Waals surface area contributed by atoms with Gasteiger partial charge < -0.3 is 0 Å². The number of hydrogen-bond donors (Lipinski definition) is 0. The lowest BCUT2D eigenvalue weighted by atomic mass is 10.0. The highest BCUT2D eigenvalue weighted by Gasteiger charge is 2.08. The molecule has 0 aliphatic carbocycles. The Balaban J connectivity index is 2.13. The maximum atomic E-state index is 5.94. The van der Waals surface area contributed by atoms with Crippen molar-refractivity contribution >= 4 is 11.6 Å². The average Bonchev–Trinajstić information content (AvgIpc) is 2.49. The Hall–Kier alpha value is -2.19. The summed E-state index contributed by atoms with van der Waals surface area (Å²) in [6.45, 7) is 2.07. The molecule has 1 aromatic heterocycles. The average molecular weight is 281 g/mol. The molecule has 3 rings (SSSR count). The minimum absolute atomic E-state index is 0.725. The smallest absolute Gasteiger partial charge is 0.116 e. The van der Waals surface area contributed by atoms with E-state index in [1.165, 1.54) is 5.56 Å². The zero-order chi connectivity index (χ0) is 13.9. The van der Waals surface area contributed by atoms with Gasteiger partial charge in [0.05, 0.1) is 5.69 Å². The minimum atomic E-state index is 0.725. The predicted molar refractivity (Wildman–Crippen MR) is 82.7 cm³/mol. The molecular weight excluding hydrogens is 268 g/mol. The lowest BCUT2D eigenvalue weighted by molar-refractivity contribution is 1.17. The van der Waals surface area contributed by atoms with Crippen LogP contribution in [0.25, 0.3) is 22.4 Å². The van der Waals surface area contributed by atoms with E-state index in [4.69, 9.17) is 11.6 Å². The van der Waals surface area contributed by atoms with Gasteiger partial charge in [-0.15, -0.1) is 0 Å². The van der Waals surface area contributed by atoms with Gasteiger partial charge in [-0.3, -0.25) is 0 Å². The molecule has 1 heterocycles. The van der Waals surface area contributed by atoms with Gasteiger partial charge in [0, 0.05) is 22.3 Å². The first-order valence-electron chi connectivity index (χ1n) is 6.37. The Kier molecular flexibility index (Phi) is 3.48. The first-order valence-corrected chi connectivity index (χ1v) is 6.75. The van der Waals surface area contributed by atoms with Crippen LogP contribution in [0.15, 0.2) is 61.1 Å². The highest BCUT2D eigenvalue weighted by Crippen LogP contribution is 2.30. The molecule has 0 fully saturated rings. The van der Waals surface area contributed by atoms with Gasteiger partial charge in [0.1, 0.15) is 6.33 Å². The fraction of sp³-hybridized carbons (Fsp3) is 0.0588. The normalized spacial score (nSPS) is 10.5. The van der Waals surface area contributed by atoms with Gasteiger partial charge in [-0.2, -0.15) is 0 Å². The summed E-state index contributed by atoms with van der Waals surface area (Å²) in [5.41, 5.74) is 5.32. The van der Waals surface area contributed by atoms with Crippen molar-refractivity contribution in [2.45, 2.75) is 6.92 Å². The van der Waals surface area contributed by atoms with Crippen molar-refractivity contribution in [2.24, 2.45) is 0 Å². The van der Waals surface area contributed by atoms with Crippen LogP contribution < -0.4 is 0 Å². The molecule has 0 spiro atoms. The standard InChI is InChI=1S/C17H13ClN2/c1-12-2-4-14(5-3-12)17-16(10-19-11-20-17)13-6-8-15(18)9-7-13/h2-11H,1H3. The van der Waals surface area contributed by atoms with Gasteiger partial charge in [-0.05, 0) is 24.6 Å².